The number of carbonyl (C=O) groups is 4. The molecule has 0 saturated carbocycles. The van der Waals surface area contributed by atoms with E-state index in [0.717, 1.165) is 6.07 Å². The summed E-state index contributed by atoms with van der Waals surface area (Å²) in [5.74, 6) is -6.28. The molecule has 3 aromatic carbocycles. The Bertz CT molecular complexity index is 2270. The fourth-order valence-corrected chi connectivity index (χ4v) is 6.72. The first-order chi connectivity index (χ1) is 22.7. The standard InChI is InChI=1S/C38H32N2O8/c1-15(2)25-29-20(13-24(41)36(25)46)34(44)27(17(5)32(29)42)28-18(6)33(43)31-26(16(3)4)38(48)35(45)21(30(31)37(28)47)14-40-23-11-7-10-22-19(23)9-8-12-39-22/h7-16,41,45-46,48H,1-6H3. The van der Waals surface area contributed by atoms with Crippen molar-refractivity contribution in [2.24, 2.45) is 4.99 Å². The van der Waals surface area contributed by atoms with Crippen LogP contribution in [-0.2, 0) is 0 Å². The number of aromatic hydroxyl groups is 4. The minimum Gasteiger partial charge on any atom is -0.504 e. The number of aromatic nitrogens is 1. The van der Waals surface area contributed by atoms with Gasteiger partial charge in [-0.1, -0.05) is 33.8 Å². The second-order valence-corrected chi connectivity index (χ2v) is 12.6. The molecule has 4 aromatic rings. The van der Waals surface area contributed by atoms with Gasteiger partial charge in [-0.3, -0.25) is 29.2 Å². The summed E-state index contributed by atoms with van der Waals surface area (Å²) in [5, 5.41) is 44.3. The maximum atomic E-state index is 14.7. The number of hydrogen-bond donors (Lipinski definition) is 4. The smallest absolute Gasteiger partial charge is 0.195 e. The molecule has 2 aliphatic carbocycles. The van der Waals surface area contributed by atoms with Gasteiger partial charge < -0.3 is 20.4 Å². The number of nitrogens with zero attached hydrogens (tertiary/aromatic N) is 2. The van der Waals surface area contributed by atoms with Gasteiger partial charge in [0, 0.05) is 73.5 Å². The number of ketones is 4. The van der Waals surface area contributed by atoms with E-state index in [4.69, 9.17) is 0 Å². The van der Waals surface area contributed by atoms with Crippen LogP contribution in [0.2, 0.25) is 0 Å². The molecule has 2 aliphatic rings. The molecule has 1 aromatic heterocycles. The second-order valence-electron chi connectivity index (χ2n) is 12.6. The summed E-state index contributed by atoms with van der Waals surface area (Å²) in [6.45, 7) is 9.51. The third-order valence-electron chi connectivity index (χ3n) is 9.01. The highest BCUT2D eigenvalue weighted by molar-refractivity contribution is 6.38. The average molecular weight is 645 g/mol. The van der Waals surface area contributed by atoms with Crippen molar-refractivity contribution in [3.63, 3.8) is 0 Å². The monoisotopic (exact) mass is 644 g/mol. The topological polar surface area (TPSA) is 174 Å². The van der Waals surface area contributed by atoms with Gasteiger partial charge in [0.25, 0.3) is 0 Å². The number of aliphatic imine (C=N–C) groups is 1. The zero-order chi connectivity index (χ0) is 34.9. The fourth-order valence-electron chi connectivity index (χ4n) is 6.72. The van der Waals surface area contributed by atoms with Crippen molar-refractivity contribution in [1.29, 1.82) is 0 Å². The van der Waals surface area contributed by atoms with Crippen molar-refractivity contribution in [3.05, 3.63) is 104 Å². The zero-order valence-corrected chi connectivity index (χ0v) is 27.1. The second kappa shape index (κ2) is 11.4. The Morgan fingerprint density at radius 2 is 1.29 bits per heavy atom. The van der Waals surface area contributed by atoms with E-state index >= 15 is 0 Å². The first-order valence-electron chi connectivity index (χ1n) is 15.4. The number of pyridine rings is 1. The molecule has 0 unspecified atom stereocenters. The number of rotatable bonds is 5. The van der Waals surface area contributed by atoms with Gasteiger partial charge in [0.2, 0.25) is 0 Å². The van der Waals surface area contributed by atoms with Crippen LogP contribution in [0.25, 0.3) is 10.9 Å². The van der Waals surface area contributed by atoms with E-state index in [9.17, 15) is 39.6 Å². The molecule has 0 fully saturated rings. The zero-order valence-electron chi connectivity index (χ0n) is 27.1. The maximum Gasteiger partial charge on any atom is 0.195 e. The van der Waals surface area contributed by atoms with E-state index < -0.39 is 58.0 Å². The molecule has 0 spiro atoms. The molecule has 6 rings (SSSR count). The van der Waals surface area contributed by atoms with Gasteiger partial charge in [0.05, 0.1) is 16.8 Å². The lowest BCUT2D eigenvalue weighted by molar-refractivity contribution is 0.0951. The fraction of sp³-hybridized carbons (Fsp3) is 0.211. The summed E-state index contributed by atoms with van der Waals surface area (Å²) in [7, 11) is 0. The molecular weight excluding hydrogens is 612 g/mol. The Kier molecular flexibility index (Phi) is 7.62. The summed E-state index contributed by atoms with van der Waals surface area (Å²) in [5.41, 5.74) is -0.631. The Morgan fingerprint density at radius 3 is 1.94 bits per heavy atom. The third-order valence-corrected chi connectivity index (χ3v) is 9.01. The summed E-state index contributed by atoms with van der Waals surface area (Å²) >= 11 is 0. The number of hydrogen-bond acceptors (Lipinski definition) is 10. The van der Waals surface area contributed by atoms with Crippen LogP contribution < -0.4 is 0 Å². The molecule has 48 heavy (non-hydrogen) atoms. The number of carbonyl (C=O) groups excluding carboxylic acids is 4. The molecule has 1 heterocycles. The molecule has 242 valence electrons. The van der Waals surface area contributed by atoms with Gasteiger partial charge in [-0.2, -0.15) is 0 Å². The molecular formula is C38H32N2O8. The maximum absolute atomic E-state index is 14.7. The van der Waals surface area contributed by atoms with Crippen molar-refractivity contribution in [1.82, 2.24) is 4.98 Å². The van der Waals surface area contributed by atoms with Crippen LogP contribution in [0, 0.1) is 0 Å². The van der Waals surface area contributed by atoms with Gasteiger partial charge in [-0.05, 0) is 56.0 Å². The SMILES string of the molecule is CC1=C(C2=C(C)C(=O)c3c(c(C=Nc4cccc5ncccc45)c(O)c(O)c3C(C)C)C2=O)C(=O)c2cc(O)c(O)c(C(C)C)c2C1=O. The van der Waals surface area contributed by atoms with Gasteiger partial charge in [-0.25, -0.2) is 0 Å². The highest BCUT2D eigenvalue weighted by Gasteiger charge is 2.44. The number of Topliss-reactive ketones (excluding diaryl/α,β-unsaturated/α-hetero) is 4. The number of allylic oxidation sites excluding steroid dienone is 4. The number of phenols is 4. The summed E-state index contributed by atoms with van der Waals surface area (Å²) in [4.78, 5) is 65.9. The summed E-state index contributed by atoms with van der Waals surface area (Å²) in [6.07, 6.45) is 2.81. The van der Waals surface area contributed by atoms with Gasteiger partial charge >= 0.3 is 0 Å². The van der Waals surface area contributed by atoms with E-state index in [1.54, 1.807) is 64.2 Å². The molecule has 10 heteroatoms. The van der Waals surface area contributed by atoms with E-state index in [1.165, 1.54) is 20.1 Å². The molecule has 0 aliphatic heterocycles. The molecule has 0 atom stereocenters. The molecule has 0 saturated heterocycles. The normalized spacial score (nSPS) is 15.1. The van der Waals surface area contributed by atoms with Crippen molar-refractivity contribution < 1.29 is 39.6 Å². The Balaban J connectivity index is 1.61. The van der Waals surface area contributed by atoms with E-state index in [1.807, 2.05) is 0 Å². The number of fused-ring (bicyclic) bond motifs is 3. The largest absolute Gasteiger partial charge is 0.504 e. The Hall–Kier alpha value is -5.90. The highest BCUT2D eigenvalue weighted by Crippen LogP contribution is 2.48. The lowest BCUT2D eigenvalue weighted by Crippen LogP contribution is -2.31. The van der Waals surface area contributed by atoms with Crippen molar-refractivity contribution >= 4 is 45.9 Å². The quantitative estimate of drug-likeness (QED) is 0.130. The lowest BCUT2D eigenvalue weighted by Gasteiger charge is -2.29. The van der Waals surface area contributed by atoms with Crippen LogP contribution in [0.1, 0.15) is 112 Å². The summed E-state index contributed by atoms with van der Waals surface area (Å²) in [6, 6.07) is 9.74. The van der Waals surface area contributed by atoms with Crippen LogP contribution >= 0.6 is 0 Å². The lowest BCUT2D eigenvalue weighted by atomic mass is 9.71. The van der Waals surface area contributed by atoms with Gasteiger partial charge in [0.15, 0.2) is 46.1 Å². The van der Waals surface area contributed by atoms with Gasteiger partial charge in [0.1, 0.15) is 0 Å². The molecule has 0 radical (unpaired) electrons. The first-order valence-corrected chi connectivity index (χ1v) is 15.4. The predicted octanol–water partition coefficient (Wildman–Crippen LogP) is 7.15. The van der Waals surface area contributed by atoms with E-state index in [0.29, 0.717) is 16.6 Å². The summed E-state index contributed by atoms with van der Waals surface area (Å²) < 4.78 is 0. The van der Waals surface area contributed by atoms with Crippen LogP contribution in [0.5, 0.6) is 23.0 Å². The minimum atomic E-state index is -0.827. The first kappa shape index (κ1) is 32.1. The third kappa shape index (κ3) is 4.55. The van der Waals surface area contributed by atoms with Crippen molar-refractivity contribution in [3.8, 4) is 23.0 Å². The van der Waals surface area contributed by atoms with Crippen LogP contribution in [0.4, 0.5) is 5.69 Å². The van der Waals surface area contributed by atoms with Gasteiger partial charge in [-0.15, -0.1) is 0 Å². The van der Waals surface area contributed by atoms with Crippen LogP contribution in [-0.4, -0.2) is 54.8 Å². The predicted molar refractivity (Wildman–Crippen MR) is 179 cm³/mol. The minimum absolute atomic E-state index is 0.0508. The van der Waals surface area contributed by atoms with E-state index in [-0.39, 0.29) is 61.2 Å². The van der Waals surface area contributed by atoms with Crippen LogP contribution in [0.3, 0.4) is 0 Å². The average Bonchev–Trinajstić information content (AvgIpc) is 3.05. The van der Waals surface area contributed by atoms with E-state index in [2.05, 4.69) is 9.98 Å². The Morgan fingerprint density at radius 1 is 0.688 bits per heavy atom. The Labute approximate surface area is 275 Å². The molecule has 0 bridgehead atoms. The number of phenolic OH excluding ortho intramolecular Hbond substituents is 4. The highest BCUT2D eigenvalue weighted by atomic mass is 16.3. The molecule has 4 N–H and O–H groups in total. The molecule has 0 amide bonds. The number of benzene rings is 3. The molecule has 10 nitrogen and oxygen atoms in total. The van der Waals surface area contributed by atoms with Crippen LogP contribution in [0.15, 0.2) is 69.9 Å². The van der Waals surface area contributed by atoms with Crippen molar-refractivity contribution in [2.45, 2.75) is 53.4 Å². The van der Waals surface area contributed by atoms with Crippen molar-refractivity contribution in [2.75, 3.05) is 0 Å².